The number of amides is 1. The average molecular weight is 441 g/mol. The van der Waals surface area contributed by atoms with Gasteiger partial charge in [-0.3, -0.25) is 9.36 Å². The van der Waals surface area contributed by atoms with Crippen LogP contribution in [0.15, 0.2) is 35.3 Å². The molecule has 1 atom stereocenters. The number of aliphatic imine (C=N–C) groups is 1. The number of imidazole rings is 1. The summed E-state index contributed by atoms with van der Waals surface area (Å²) in [6, 6.07) is 2.75. The molecular formula is C20H17ClF4N4O. The highest BCUT2D eigenvalue weighted by molar-refractivity contribution is 6.34. The molecule has 5 nitrogen and oxygen atoms in total. The number of hydrogen-bond donors (Lipinski definition) is 0. The molecule has 0 fully saturated rings. The molecule has 0 spiro atoms. The Kier molecular flexibility index (Phi) is 5.17. The van der Waals surface area contributed by atoms with Gasteiger partial charge in [-0.2, -0.15) is 13.2 Å². The summed E-state index contributed by atoms with van der Waals surface area (Å²) in [4.78, 5) is 22.9. The van der Waals surface area contributed by atoms with Gasteiger partial charge in [-0.05, 0) is 25.5 Å². The maximum Gasteiger partial charge on any atom is 0.417 e. The molecule has 0 aliphatic carbocycles. The van der Waals surface area contributed by atoms with Crippen molar-refractivity contribution in [3.63, 3.8) is 0 Å². The minimum atomic E-state index is -4.66. The molecule has 2 aromatic rings. The van der Waals surface area contributed by atoms with Gasteiger partial charge in [0.15, 0.2) is 5.82 Å². The fraction of sp³-hybridized carbons (Fsp3) is 0.350. The van der Waals surface area contributed by atoms with Crippen molar-refractivity contribution in [2.75, 3.05) is 6.54 Å². The van der Waals surface area contributed by atoms with Gasteiger partial charge in [-0.15, -0.1) is 0 Å². The molecule has 1 unspecified atom stereocenters. The first-order chi connectivity index (χ1) is 14.2. The lowest BCUT2D eigenvalue weighted by atomic mass is 10.0. The number of nitrogens with zero attached hydrogens (tertiary/aromatic N) is 4. The van der Waals surface area contributed by atoms with Gasteiger partial charge >= 0.3 is 6.18 Å². The number of fused-ring (bicyclic) bond motifs is 1. The molecule has 158 valence electrons. The Hall–Kier alpha value is -2.68. The van der Waals surface area contributed by atoms with E-state index in [9.17, 15) is 22.4 Å². The third kappa shape index (κ3) is 3.40. The van der Waals surface area contributed by atoms with Crippen LogP contribution in [0.1, 0.15) is 53.1 Å². The molecule has 2 aliphatic heterocycles. The van der Waals surface area contributed by atoms with Crippen molar-refractivity contribution in [1.82, 2.24) is 14.5 Å². The van der Waals surface area contributed by atoms with E-state index < -0.39 is 28.7 Å². The van der Waals surface area contributed by atoms with E-state index in [4.69, 9.17) is 11.6 Å². The lowest BCUT2D eigenvalue weighted by Crippen LogP contribution is -2.39. The number of rotatable bonds is 2. The highest BCUT2D eigenvalue weighted by atomic mass is 35.5. The van der Waals surface area contributed by atoms with Crippen LogP contribution in [-0.2, 0) is 12.6 Å². The molecule has 0 bridgehead atoms. The van der Waals surface area contributed by atoms with Crippen molar-refractivity contribution < 1.29 is 22.4 Å². The van der Waals surface area contributed by atoms with Gasteiger partial charge in [0.25, 0.3) is 5.91 Å². The normalized spacial score (nSPS) is 19.3. The summed E-state index contributed by atoms with van der Waals surface area (Å²) in [7, 11) is 0. The Bertz CT molecular complexity index is 1070. The molecule has 0 saturated heterocycles. The Morgan fingerprint density at radius 3 is 2.73 bits per heavy atom. The summed E-state index contributed by atoms with van der Waals surface area (Å²) in [5.74, 6) is -0.762. The first-order valence-corrected chi connectivity index (χ1v) is 9.72. The summed E-state index contributed by atoms with van der Waals surface area (Å²) in [5.41, 5.74) is 0.0127. The van der Waals surface area contributed by atoms with E-state index >= 15 is 0 Å². The van der Waals surface area contributed by atoms with Crippen LogP contribution in [0, 0.1) is 0 Å². The van der Waals surface area contributed by atoms with Crippen LogP contribution >= 0.6 is 11.6 Å². The van der Waals surface area contributed by atoms with Crippen LogP contribution < -0.4 is 0 Å². The molecule has 10 heteroatoms. The summed E-state index contributed by atoms with van der Waals surface area (Å²) < 4.78 is 55.3. The summed E-state index contributed by atoms with van der Waals surface area (Å²) >= 11 is 5.93. The zero-order valence-electron chi connectivity index (χ0n) is 15.9. The average Bonchev–Trinajstić information content (AvgIpc) is 3.12. The number of aromatic nitrogens is 2. The number of hydrogen-bond acceptors (Lipinski definition) is 3. The Labute approximate surface area is 174 Å². The van der Waals surface area contributed by atoms with Gasteiger partial charge in [0.05, 0.1) is 33.6 Å². The summed E-state index contributed by atoms with van der Waals surface area (Å²) in [6.07, 6.45) is -0.408. The second-order valence-corrected chi connectivity index (χ2v) is 7.49. The van der Waals surface area contributed by atoms with Crippen molar-refractivity contribution >= 4 is 29.5 Å². The second-order valence-electron chi connectivity index (χ2n) is 7.11. The highest BCUT2D eigenvalue weighted by Crippen LogP contribution is 2.38. The minimum Gasteiger partial charge on any atom is -0.330 e. The Morgan fingerprint density at radius 2 is 2.03 bits per heavy atom. The predicted molar refractivity (Wildman–Crippen MR) is 104 cm³/mol. The topological polar surface area (TPSA) is 50.5 Å². The molecular weight excluding hydrogens is 424 g/mol. The van der Waals surface area contributed by atoms with Crippen LogP contribution in [0.5, 0.6) is 0 Å². The zero-order chi connectivity index (χ0) is 21.6. The van der Waals surface area contributed by atoms with E-state index in [2.05, 4.69) is 9.98 Å². The third-order valence-electron chi connectivity index (χ3n) is 5.32. The third-order valence-corrected chi connectivity index (χ3v) is 5.73. The first-order valence-electron chi connectivity index (χ1n) is 9.34. The molecule has 3 heterocycles. The van der Waals surface area contributed by atoms with Crippen molar-refractivity contribution in [2.24, 2.45) is 4.99 Å². The quantitative estimate of drug-likeness (QED) is 0.597. The molecule has 1 amide bonds. The van der Waals surface area contributed by atoms with Crippen LogP contribution in [0.4, 0.5) is 17.6 Å². The largest absolute Gasteiger partial charge is 0.417 e. The predicted octanol–water partition coefficient (Wildman–Crippen LogP) is 5.28. The molecule has 30 heavy (non-hydrogen) atoms. The standard InChI is InChI=1S/C20H17ClF4N4O/c1-11-17-15(29(10-27-17)18-14(22)6-3-8-26-18)7-9-28(11)19(30)12-4-2-5-13(16(12)21)20(23,24)25/h2,4-5,8,10-11H,3,6-7,9H2,1H3. The maximum atomic E-state index is 14.2. The molecule has 1 aromatic heterocycles. The smallest absolute Gasteiger partial charge is 0.330 e. The first kappa shape index (κ1) is 20.6. The van der Waals surface area contributed by atoms with Crippen LogP contribution in [-0.4, -0.2) is 33.1 Å². The zero-order valence-corrected chi connectivity index (χ0v) is 16.6. The van der Waals surface area contributed by atoms with Gasteiger partial charge in [-0.25, -0.2) is 14.4 Å². The van der Waals surface area contributed by atoms with Crippen molar-refractivity contribution in [3.05, 3.63) is 57.9 Å². The number of carbonyl (C=O) groups is 1. The second kappa shape index (κ2) is 7.54. The highest BCUT2D eigenvalue weighted by Gasteiger charge is 2.37. The molecule has 2 aliphatic rings. The van der Waals surface area contributed by atoms with E-state index in [1.54, 1.807) is 17.7 Å². The fourth-order valence-electron chi connectivity index (χ4n) is 3.80. The monoisotopic (exact) mass is 440 g/mol. The van der Waals surface area contributed by atoms with E-state index in [-0.39, 0.29) is 30.2 Å². The van der Waals surface area contributed by atoms with Crippen molar-refractivity contribution in [2.45, 2.75) is 38.4 Å². The SMILES string of the molecule is CC1c2ncn(C3=C(F)CCC=N3)c2CCN1C(=O)c1cccc(C(F)(F)F)c1Cl. The summed E-state index contributed by atoms with van der Waals surface area (Å²) in [6.45, 7) is 1.95. The maximum absolute atomic E-state index is 14.2. The van der Waals surface area contributed by atoms with Gasteiger partial charge in [-0.1, -0.05) is 17.7 Å². The lowest BCUT2D eigenvalue weighted by molar-refractivity contribution is -0.137. The minimum absolute atomic E-state index is 0.183. The van der Waals surface area contributed by atoms with Gasteiger partial charge in [0, 0.05) is 25.6 Å². The van der Waals surface area contributed by atoms with Crippen LogP contribution in [0.3, 0.4) is 0 Å². The van der Waals surface area contributed by atoms with Crippen molar-refractivity contribution in [3.8, 4) is 0 Å². The Morgan fingerprint density at radius 1 is 1.27 bits per heavy atom. The number of carbonyl (C=O) groups excluding carboxylic acids is 1. The van der Waals surface area contributed by atoms with Gasteiger partial charge in [0.1, 0.15) is 12.2 Å². The fourth-order valence-corrected chi connectivity index (χ4v) is 4.11. The molecule has 0 saturated carbocycles. The summed E-state index contributed by atoms with van der Waals surface area (Å²) in [5, 5.41) is -0.623. The van der Waals surface area contributed by atoms with E-state index in [0.29, 0.717) is 18.5 Å². The van der Waals surface area contributed by atoms with Crippen LogP contribution in [0.25, 0.3) is 5.82 Å². The van der Waals surface area contributed by atoms with E-state index in [0.717, 1.165) is 17.8 Å². The molecule has 0 radical (unpaired) electrons. The van der Waals surface area contributed by atoms with Gasteiger partial charge in [0.2, 0.25) is 0 Å². The van der Waals surface area contributed by atoms with E-state index in [1.165, 1.54) is 17.3 Å². The molecule has 1 aromatic carbocycles. The number of benzene rings is 1. The number of allylic oxidation sites excluding steroid dienone is 1. The molecule has 0 N–H and O–H groups in total. The van der Waals surface area contributed by atoms with Crippen molar-refractivity contribution in [1.29, 1.82) is 0 Å². The molecule has 4 rings (SSSR count). The number of halogens is 5. The van der Waals surface area contributed by atoms with E-state index in [1.807, 2.05) is 0 Å². The number of alkyl halides is 3. The Balaban J connectivity index is 1.66. The van der Waals surface area contributed by atoms with Gasteiger partial charge < -0.3 is 4.90 Å². The van der Waals surface area contributed by atoms with Crippen LogP contribution in [0.2, 0.25) is 5.02 Å². The lowest BCUT2D eigenvalue weighted by Gasteiger charge is -2.33.